The van der Waals surface area contributed by atoms with Gasteiger partial charge in [-0.05, 0) is 42.5 Å². The van der Waals surface area contributed by atoms with Crippen molar-refractivity contribution in [1.82, 2.24) is 9.62 Å². The summed E-state index contributed by atoms with van der Waals surface area (Å²) in [5.74, 6) is 2.14. The zero-order valence-corrected chi connectivity index (χ0v) is 18.2. The number of ether oxygens (including phenoxy) is 2. The Morgan fingerprint density at radius 1 is 1.23 bits per heavy atom. The lowest BCUT2D eigenvalue weighted by atomic mass is 9.86. The van der Waals surface area contributed by atoms with E-state index in [9.17, 15) is 13.7 Å². The monoisotopic (exact) mass is 449 g/mol. The first-order valence-corrected chi connectivity index (χ1v) is 11.0. The average Bonchev–Trinajstić information content (AvgIpc) is 3.16. The number of likely N-dealkylation sites (tertiary alicyclic amines) is 1. The van der Waals surface area contributed by atoms with E-state index in [4.69, 9.17) is 9.47 Å². The number of benzene rings is 2. The zero-order chi connectivity index (χ0) is 20.4. The van der Waals surface area contributed by atoms with Crippen molar-refractivity contribution >= 4 is 22.4 Å². The molecular weight excluding hydrogens is 426 g/mol. The molecule has 0 bridgehead atoms. The second-order valence-corrected chi connectivity index (χ2v) is 9.14. The molecular formula is C21H24ClN3O4S. The number of fused-ring (bicyclic) bond motifs is 3. The van der Waals surface area contributed by atoms with Gasteiger partial charge in [0, 0.05) is 43.6 Å². The zero-order valence-electron chi connectivity index (χ0n) is 16.6. The molecule has 1 saturated heterocycles. The number of hydrogen-bond acceptors (Lipinski definition) is 6. The Bertz CT molecular complexity index is 1040. The van der Waals surface area contributed by atoms with Crippen LogP contribution in [0, 0.1) is 17.2 Å². The van der Waals surface area contributed by atoms with Crippen LogP contribution in [0.4, 0.5) is 0 Å². The standard InChI is InChI=1S/C21H23N3O4S.ClH/c1-27-17-3-5-18(6-4-17)29(25,26)23-8-9-24-12-16-14-28-21-7-2-15(11-22)10-19(21)20(16)13-24;/h2-7,10,16,20,23H,8-9,12-14H2,1H3;1H/t16-,20+;/m1./s1. The van der Waals surface area contributed by atoms with Crippen LogP contribution < -0.4 is 14.2 Å². The molecule has 0 unspecified atom stereocenters. The van der Waals surface area contributed by atoms with Crippen molar-refractivity contribution in [3.63, 3.8) is 0 Å². The minimum absolute atomic E-state index is 0. The molecule has 2 aliphatic heterocycles. The van der Waals surface area contributed by atoms with E-state index >= 15 is 0 Å². The van der Waals surface area contributed by atoms with Gasteiger partial charge in [0.25, 0.3) is 0 Å². The minimum atomic E-state index is -3.55. The molecule has 0 saturated carbocycles. The van der Waals surface area contributed by atoms with Gasteiger partial charge in [-0.1, -0.05) is 0 Å². The van der Waals surface area contributed by atoms with Gasteiger partial charge >= 0.3 is 0 Å². The maximum absolute atomic E-state index is 12.5. The van der Waals surface area contributed by atoms with Crippen molar-refractivity contribution in [1.29, 1.82) is 5.26 Å². The van der Waals surface area contributed by atoms with E-state index in [1.54, 1.807) is 25.3 Å². The largest absolute Gasteiger partial charge is 0.497 e. The molecule has 0 aromatic heterocycles. The molecule has 0 radical (unpaired) electrons. The predicted octanol–water partition coefficient (Wildman–Crippen LogP) is 2.37. The summed E-state index contributed by atoms with van der Waals surface area (Å²) in [6.07, 6.45) is 0. The first kappa shape index (κ1) is 22.4. The number of sulfonamides is 1. The molecule has 30 heavy (non-hydrogen) atoms. The number of nitrogens with zero attached hydrogens (tertiary/aromatic N) is 2. The Hall–Kier alpha value is -2.31. The summed E-state index contributed by atoms with van der Waals surface area (Å²) in [6.45, 7) is 3.29. The van der Waals surface area contributed by atoms with Gasteiger partial charge in [0.15, 0.2) is 0 Å². The van der Waals surface area contributed by atoms with E-state index in [1.165, 1.54) is 12.1 Å². The summed E-state index contributed by atoms with van der Waals surface area (Å²) in [7, 11) is -2.01. The first-order valence-electron chi connectivity index (χ1n) is 9.53. The lowest BCUT2D eigenvalue weighted by molar-refractivity contribution is 0.213. The molecule has 160 valence electrons. The van der Waals surface area contributed by atoms with Crippen molar-refractivity contribution < 1.29 is 17.9 Å². The highest BCUT2D eigenvalue weighted by atomic mass is 35.5. The molecule has 4 rings (SSSR count). The van der Waals surface area contributed by atoms with Crippen LogP contribution in [-0.4, -0.2) is 53.2 Å². The molecule has 2 atom stereocenters. The van der Waals surface area contributed by atoms with Crippen LogP contribution in [0.2, 0.25) is 0 Å². The second-order valence-electron chi connectivity index (χ2n) is 7.37. The SMILES string of the molecule is COc1ccc(S(=O)(=O)NCCN2C[C@@H]3COc4ccc(C#N)cc4[C@H]3C2)cc1.Cl. The van der Waals surface area contributed by atoms with Gasteiger partial charge in [0.05, 0.1) is 30.2 Å². The molecule has 7 nitrogen and oxygen atoms in total. The van der Waals surface area contributed by atoms with Crippen LogP contribution in [-0.2, 0) is 10.0 Å². The van der Waals surface area contributed by atoms with Crippen LogP contribution in [0.25, 0.3) is 0 Å². The lowest BCUT2D eigenvalue weighted by Gasteiger charge is -2.27. The van der Waals surface area contributed by atoms with E-state index in [-0.39, 0.29) is 17.3 Å². The predicted molar refractivity (Wildman–Crippen MR) is 115 cm³/mol. The summed E-state index contributed by atoms with van der Waals surface area (Å²) >= 11 is 0. The summed E-state index contributed by atoms with van der Waals surface area (Å²) in [5, 5.41) is 9.17. The molecule has 0 amide bonds. The third kappa shape index (κ3) is 4.55. The molecule has 2 aromatic rings. The minimum Gasteiger partial charge on any atom is -0.497 e. The van der Waals surface area contributed by atoms with E-state index in [1.807, 2.05) is 12.1 Å². The van der Waals surface area contributed by atoms with Gasteiger partial charge in [0.2, 0.25) is 10.0 Å². The molecule has 2 heterocycles. The Morgan fingerprint density at radius 3 is 2.70 bits per heavy atom. The summed E-state index contributed by atoms with van der Waals surface area (Å²) in [4.78, 5) is 2.48. The van der Waals surface area contributed by atoms with E-state index in [0.29, 0.717) is 42.8 Å². The van der Waals surface area contributed by atoms with Crippen LogP contribution in [0.1, 0.15) is 17.0 Å². The third-order valence-electron chi connectivity index (χ3n) is 5.60. The van der Waals surface area contributed by atoms with Crippen LogP contribution in [0.15, 0.2) is 47.4 Å². The maximum Gasteiger partial charge on any atom is 0.240 e. The second kappa shape index (κ2) is 9.23. The highest BCUT2D eigenvalue weighted by molar-refractivity contribution is 7.89. The van der Waals surface area contributed by atoms with Gasteiger partial charge in [-0.2, -0.15) is 5.26 Å². The molecule has 2 aliphatic rings. The van der Waals surface area contributed by atoms with Crippen molar-refractivity contribution in [3.05, 3.63) is 53.6 Å². The number of nitrogens with one attached hydrogen (secondary N) is 1. The summed E-state index contributed by atoms with van der Waals surface area (Å²) < 4.78 is 38.5. The van der Waals surface area contributed by atoms with E-state index in [0.717, 1.165) is 24.4 Å². The van der Waals surface area contributed by atoms with Crippen molar-refractivity contribution in [2.24, 2.45) is 5.92 Å². The first-order chi connectivity index (χ1) is 14.0. The van der Waals surface area contributed by atoms with Crippen molar-refractivity contribution in [2.45, 2.75) is 10.8 Å². The highest BCUT2D eigenvalue weighted by Gasteiger charge is 2.38. The van der Waals surface area contributed by atoms with Crippen LogP contribution in [0.5, 0.6) is 11.5 Å². The topological polar surface area (TPSA) is 91.7 Å². The van der Waals surface area contributed by atoms with E-state index in [2.05, 4.69) is 15.7 Å². The fourth-order valence-corrected chi connectivity index (χ4v) is 5.10. The number of nitriles is 1. The maximum atomic E-state index is 12.5. The molecule has 1 N–H and O–H groups in total. The average molecular weight is 450 g/mol. The Balaban J connectivity index is 0.00000256. The van der Waals surface area contributed by atoms with Gasteiger partial charge in [-0.25, -0.2) is 13.1 Å². The number of rotatable bonds is 6. The number of hydrogen-bond donors (Lipinski definition) is 1. The Kier molecular flexibility index (Phi) is 6.88. The molecule has 0 spiro atoms. The molecule has 9 heteroatoms. The van der Waals surface area contributed by atoms with Crippen molar-refractivity contribution in [3.8, 4) is 17.6 Å². The Labute approximate surface area is 183 Å². The van der Waals surface area contributed by atoms with Gasteiger partial charge < -0.3 is 14.4 Å². The number of methoxy groups -OCH3 is 1. The van der Waals surface area contributed by atoms with E-state index < -0.39 is 10.0 Å². The van der Waals surface area contributed by atoms with Crippen molar-refractivity contribution in [2.75, 3.05) is 39.9 Å². The fraction of sp³-hybridized carbons (Fsp3) is 0.381. The quantitative estimate of drug-likeness (QED) is 0.728. The molecule has 1 fully saturated rings. The van der Waals surface area contributed by atoms with Crippen LogP contribution >= 0.6 is 12.4 Å². The lowest BCUT2D eigenvalue weighted by Crippen LogP contribution is -2.34. The third-order valence-corrected chi connectivity index (χ3v) is 7.07. The fourth-order valence-electron chi connectivity index (χ4n) is 4.08. The smallest absolute Gasteiger partial charge is 0.240 e. The Morgan fingerprint density at radius 2 is 2.00 bits per heavy atom. The number of halogens is 1. The van der Waals surface area contributed by atoms with Gasteiger partial charge in [-0.15, -0.1) is 12.4 Å². The normalized spacial score (nSPS) is 20.3. The summed E-state index contributed by atoms with van der Waals surface area (Å²) in [5.41, 5.74) is 1.72. The summed E-state index contributed by atoms with van der Waals surface area (Å²) in [6, 6.07) is 14.1. The highest BCUT2D eigenvalue weighted by Crippen LogP contribution is 2.41. The van der Waals surface area contributed by atoms with Gasteiger partial charge in [0.1, 0.15) is 11.5 Å². The van der Waals surface area contributed by atoms with Gasteiger partial charge in [-0.3, -0.25) is 0 Å². The molecule has 0 aliphatic carbocycles. The van der Waals surface area contributed by atoms with Crippen LogP contribution in [0.3, 0.4) is 0 Å². The molecule has 2 aromatic carbocycles.